The summed E-state index contributed by atoms with van der Waals surface area (Å²) in [5.41, 5.74) is 0. The molecule has 10 heavy (non-hydrogen) atoms. The van der Waals surface area contributed by atoms with Crippen LogP contribution in [0.25, 0.3) is 0 Å². The minimum atomic E-state index is -2.68. The summed E-state index contributed by atoms with van der Waals surface area (Å²) >= 11 is 0. The van der Waals surface area contributed by atoms with E-state index in [1.807, 2.05) is 0 Å². The molecule has 0 amide bonds. The van der Waals surface area contributed by atoms with E-state index < -0.39 is 18.6 Å². The van der Waals surface area contributed by atoms with Crippen LogP contribution in [0, 0.1) is 0 Å². The summed E-state index contributed by atoms with van der Waals surface area (Å²) in [5, 5.41) is 8.75. The van der Waals surface area contributed by atoms with Crippen molar-refractivity contribution in [1.82, 2.24) is 0 Å². The van der Waals surface area contributed by atoms with Gasteiger partial charge in [-0.1, -0.05) is 0 Å². The van der Waals surface area contributed by atoms with Gasteiger partial charge in [0.1, 0.15) is 6.10 Å². The third-order valence-corrected chi connectivity index (χ3v) is 1.60. The maximum Gasteiger partial charge on any atom is 0.266 e. The molecule has 2 nitrogen and oxygen atoms in total. The van der Waals surface area contributed by atoms with Gasteiger partial charge in [-0.05, 0) is 12.8 Å². The quantitative estimate of drug-likeness (QED) is 0.634. The molecule has 0 saturated carbocycles. The van der Waals surface area contributed by atoms with Crippen LogP contribution < -0.4 is 0 Å². The van der Waals surface area contributed by atoms with Crippen LogP contribution in [0.3, 0.4) is 0 Å². The van der Waals surface area contributed by atoms with Crippen molar-refractivity contribution in [2.45, 2.75) is 31.5 Å². The molecule has 0 spiro atoms. The van der Waals surface area contributed by atoms with E-state index in [1.165, 1.54) is 0 Å². The fourth-order valence-electron chi connectivity index (χ4n) is 1.03. The fraction of sp³-hybridized carbons (Fsp3) is 1.00. The SMILES string of the molecule is O[C@@H](C(F)F)[C@@H]1CCCO1. The molecular weight excluding hydrogens is 142 g/mol. The molecule has 1 N–H and O–H groups in total. The molecule has 0 radical (unpaired) electrons. The summed E-state index contributed by atoms with van der Waals surface area (Å²) < 4.78 is 28.3. The summed E-state index contributed by atoms with van der Waals surface area (Å²) in [4.78, 5) is 0. The average Bonchev–Trinajstić information content (AvgIpc) is 2.36. The smallest absolute Gasteiger partial charge is 0.266 e. The molecule has 1 saturated heterocycles. The molecule has 4 heteroatoms. The third kappa shape index (κ3) is 1.64. The van der Waals surface area contributed by atoms with Crippen LogP contribution >= 0.6 is 0 Å². The molecule has 1 aliphatic rings. The summed E-state index contributed by atoms with van der Waals surface area (Å²) in [6, 6.07) is 0. The molecule has 0 bridgehead atoms. The molecule has 1 heterocycles. The lowest BCUT2D eigenvalue weighted by molar-refractivity contribution is -0.0827. The highest BCUT2D eigenvalue weighted by molar-refractivity contribution is 4.74. The molecule has 1 aliphatic heterocycles. The lowest BCUT2D eigenvalue weighted by atomic mass is 10.1. The first-order chi connectivity index (χ1) is 4.72. The van der Waals surface area contributed by atoms with E-state index in [0.717, 1.165) is 6.42 Å². The molecular formula is C6H10F2O2. The minimum Gasteiger partial charge on any atom is -0.384 e. The van der Waals surface area contributed by atoms with Gasteiger partial charge in [0.2, 0.25) is 0 Å². The number of hydrogen-bond acceptors (Lipinski definition) is 2. The number of hydrogen-bond donors (Lipinski definition) is 1. The van der Waals surface area contributed by atoms with Crippen molar-refractivity contribution in [3.8, 4) is 0 Å². The normalized spacial score (nSPS) is 29.4. The number of halogens is 2. The van der Waals surface area contributed by atoms with Crippen LogP contribution in [0.15, 0.2) is 0 Å². The Bertz CT molecular complexity index is 102. The van der Waals surface area contributed by atoms with Gasteiger partial charge in [0.25, 0.3) is 6.43 Å². The Morgan fingerprint density at radius 3 is 2.60 bits per heavy atom. The first kappa shape index (κ1) is 7.88. The van der Waals surface area contributed by atoms with Crippen LogP contribution in [0.1, 0.15) is 12.8 Å². The van der Waals surface area contributed by atoms with E-state index in [9.17, 15) is 8.78 Å². The Kier molecular flexibility index (Phi) is 2.56. The second kappa shape index (κ2) is 3.25. The maximum atomic E-state index is 11.8. The maximum absolute atomic E-state index is 11.8. The van der Waals surface area contributed by atoms with Crippen molar-refractivity contribution < 1.29 is 18.6 Å². The molecule has 0 aliphatic carbocycles. The zero-order valence-corrected chi connectivity index (χ0v) is 5.46. The van der Waals surface area contributed by atoms with Crippen molar-refractivity contribution in [2.75, 3.05) is 6.61 Å². The summed E-state index contributed by atoms with van der Waals surface area (Å²) in [7, 11) is 0. The van der Waals surface area contributed by atoms with Gasteiger partial charge in [-0.2, -0.15) is 0 Å². The van der Waals surface area contributed by atoms with E-state index in [4.69, 9.17) is 9.84 Å². The Hall–Kier alpha value is -0.220. The molecule has 0 aromatic rings. The van der Waals surface area contributed by atoms with Crippen molar-refractivity contribution in [3.63, 3.8) is 0 Å². The Balaban J connectivity index is 2.32. The first-order valence-electron chi connectivity index (χ1n) is 3.29. The van der Waals surface area contributed by atoms with Crippen molar-refractivity contribution in [2.24, 2.45) is 0 Å². The summed E-state index contributed by atoms with van der Waals surface area (Å²) in [5.74, 6) is 0. The number of aliphatic hydroxyl groups excluding tert-OH is 1. The minimum absolute atomic E-state index is 0.494. The molecule has 60 valence electrons. The van der Waals surface area contributed by atoms with Gasteiger partial charge in [-0.3, -0.25) is 0 Å². The standard InChI is InChI=1S/C6H10F2O2/c7-6(8)5(9)4-2-1-3-10-4/h4-6,9H,1-3H2/t4-,5+/m0/s1. The summed E-state index contributed by atoms with van der Waals surface area (Å²) in [6.07, 6.45) is -3.59. The molecule has 0 aromatic carbocycles. The van der Waals surface area contributed by atoms with Crippen molar-refractivity contribution >= 4 is 0 Å². The van der Waals surface area contributed by atoms with Gasteiger partial charge in [0, 0.05) is 6.61 Å². The van der Waals surface area contributed by atoms with E-state index in [2.05, 4.69) is 0 Å². The lowest BCUT2D eigenvalue weighted by Gasteiger charge is -2.15. The van der Waals surface area contributed by atoms with E-state index in [0.29, 0.717) is 13.0 Å². The van der Waals surface area contributed by atoms with Crippen LogP contribution in [0.2, 0.25) is 0 Å². The van der Waals surface area contributed by atoms with Gasteiger partial charge in [-0.15, -0.1) is 0 Å². The predicted molar refractivity (Wildman–Crippen MR) is 31.0 cm³/mol. The zero-order valence-electron chi connectivity index (χ0n) is 5.46. The van der Waals surface area contributed by atoms with Crippen LogP contribution in [0.5, 0.6) is 0 Å². The van der Waals surface area contributed by atoms with Gasteiger partial charge < -0.3 is 9.84 Å². The molecule has 2 atom stereocenters. The second-order valence-electron chi connectivity index (χ2n) is 2.38. The van der Waals surface area contributed by atoms with Gasteiger partial charge in [0.05, 0.1) is 6.10 Å². The number of alkyl halides is 2. The Labute approximate surface area is 57.8 Å². The highest BCUT2D eigenvalue weighted by atomic mass is 19.3. The highest BCUT2D eigenvalue weighted by Gasteiger charge is 2.30. The van der Waals surface area contributed by atoms with E-state index in [-0.39, 0.29) is 0 Å². The lowest BCUT2D eigenvalue weighted by Crippen LogP contribution is -2.31. The average molecular weight is 152 g/mol. The Morgan fingerprint density at radius 2 is 2.20 bits per heavy atom. The topological polar surface area (TPSA) is 29.5 Å². The van der Waals surface area contributed by atoms with Crippen LogP contribution in [0.4, 0.5) is 8.78 Å². The molecule has 0 aromatic heterocycles. The van der Waals surface area contributed by atoms with Gasteiger partial charge in [-0.25, -0.2) is 8.78 Å². The fourth-order valence-corrected chi connectivity index (χ4v) is 1.03. The number of rotatable bonds is 2. The monoisotopic (exact) mass is 152 g/mol. The van der Waals surface area contributed by atoms with Crippen LogP contribution in [-0.2, 0) is 4.74 Å². The first-order valence-corrected chi connectivity index (χ1v) is 3.29. The second-order valence-corrected chi connectivity index (χ2v) is 2.38. The zero-order chi connectivity index (χ0) is 7.56. The Morgan fingerprint density at radius 1 is 1.50 bits per heavy atom. The van der Waals surface area contributed by atoms with Crippen molar-refractivity contribution in [1.29, 1.82) is 0 Å². The number of ether oxygens (including phenoxy) is 1. The molecule has 0 unspecified atom stereocenters. The van der Waals surface area contributed by atoms with Gasteiger partial charge in [0.15, 0.2) is 0 Å². The molecule has 1 fully saturated rings. The van der Waals surface area contributed by atoms with E-state index >= 15 is 0 Å². The highest BCUT2D eigenvalue weighted by Crippen LogP contribution is 2.19. The van der Waals surface area contributed by atoms with Crippen LogP contribution in [-0.4, -0.2) is 30.3 Å². The summed E-state index contributed by atoms with van der Waals surface area (Å²) in [6.45, 7) is 0.494. The van der Waals surface area contributed by atoms with Gasteiger partial charge >= 0.3 is 0 Å². The van der Waals surface area contributed by atoms with E-state index in [1.54, 1.807) is 0 Å². The predicted octanol–water partition coefficient (Wildman–Crippen LogP) is 0.791. The third-order valence-electron chi connectivity index (χ3n) is 1.60. The largest absolute Gasteiger partial charge is 0.384 e. The molecule has 1 rings (SSSR count). The number of aliphatic hydroxyl groups is 1. The van der Waals surface area contributed by atoms with Crippen molar-refractivity contribution in [3.05, 3.63) is 0 Å².